The second-order valence-corrected chi connectivity index (χ2v) is 2.96. The van der Waals surface area contributed by atoms with Crippen molar-refractivity contribution < 1.29 is 9.26 Å². The van der Waals surface area contributed by atoms with Crippen molar-refractivity contribution in [1.82, 2.24) is 10.1 Å². The van der Waals surface area contributed by atoms with Gasteiger partial charge in [-0.1, -0.05) is 18.5 Å². The topological polar surface area (TPSA) is 48.2 Å². The first-order valence-corrected chi connectivity index (χ1v) is 4.76. The Bertz CT molecular complexity index is 246. The minimum atomic E-state index is -0.0914. The monoisotopic (exact) mass is 204 g/mol. The molecule has 1 unspecified atom stereocenters. The van der Waals surface area contributed by atoms with Gasteiger partial charge in [-0.3, -0.25) is 0 Å². The standard InChI is InChI=1S/C8H13ClN2O2/c1-3-5-6(12-4-2)7-10-8(9)13-11-7/h6H,3-5H2,1-2H3. The molecule has 74 valence electrons. The molecule has 0 radical (unpaired) electrons. The van der Waals surface area contributed by atoms with Gasteiger partial charge in [0.2, 0.25) is 5.82 Å². The number of nitrogens with zero attached hydrogens (tertiary/aromatic N) is 2. The number of halogens is 1. The summed E-state index contributed by atoms with van der Waals surface area (Å²) in [7, 11) is 0. The van der Waals surface area contributed by atoms with E-state index in [4.69, 9.17) is 16.3 Å². The van der Waals surface area contributed by atoms with E-state index in [9.17, 15) is 0 Å². The van der Waals surface area contributed by atoms with Gasteiger partial charge in [0.15, 0.2) is 0 Å². The molecule has 1 aromatic heterocycles. The maximum atomic E-state index is 5.51. The summed E-state index contributed by atoms with van der Waals surface area (Å²) in [6.07, 6.45) is 1.80. The minimum absolute atomic E-state index is 0.0656. The summed E-state index contributed by atoms with van der Waals surface area (Å²) < 4.78 is 10.1. The van der Waals surface area contributed by atoms with Gasteiger partial charge in [-0.05, 0) is 24.9 Å². The molecule has 0 saturated heterocycles. The van der Waals surface area contributed by atoms with Crippen LogP contribution in [0.4, 0.5) is 0 Å². The fourth-order valence-electron chi connectivity index (χ4n) is 1.10. The lowest BCUT2D eigenvalue weighted by Gasteiger charge is -2.10. The Balaban J connectivity index is 2.63. The summed E-state index contributed by atoms with van der Waals surface area (Å²) in [5.74, 6) is 0.536. The summed E-state index contributed by atoms with van der Waals surface area (Å²) in [5, 5.41) is 3.78. The van der Waals surface area contributed by atoms with Crippen molar-refractivity contribution in [3.8, 4) is 0 Å². The van der Waals surface area contributed by atoms with E-state index in [0.29, 0.717) is 12.4 Å². The first kappa shape index (κ1) is 10.5. The second-order valence-electron chi connectivity index (χ2n) is 2.64. The van der Waals surface area contributed by atoms with Gasteiger partial charge in [-0.25, -0.2) is 0 Å². The zero-order chi connectivity index (χ0) is 9.68. The molecule has 0 fully saturated rings. The molecule has 1 heterocycles. The van der Waals surface area contributed by atoms with E-state index >= 15 is 0 Å². The third-order valence-electron chi connectivity index (χ3n) is 1.62. The lowest BCUT2D eigenvalue weighted by Crippen LogP contribution is -2.05. The van der Waals surface area contributed by atoms with Gasteiger partial charge in [-0.2, -0.15) is 4.98 Å². The third kappa shape index (κ3) is 2.97. The van der Waals surface area contributed by atoms with E-state index < -0.39 is 0 Å². The second kappa shape index (κ2) is 5.19. The maximum Gasteiger partial charge on any atom is 0.320 e. The molecular formula is C8H13ClN2O2. The van der Waals surface area contributed by atoms with Crippen LogP contribution in [0.3, 0.4) is 0 Å². The van der Waals surface area contributed by atoms with Crippen molar-refractivity contribution in [3.05, 3.63) is 11.2 Å². The van der Waals surface area contributed by atoms with Gasteiger partial charge in [-0.15, -0.1) is 0 Å². The quantitative estimate of drug-likeness (QED) is 0.740. The van der Waals surface area contributed by atoms with Gasteiger partial charge in [0.25, 0.3) is 0 Å². The van der Waals surface area contributed by atoms with E-state index in [1.165, 1.54) is 0 Å². The molecule has 13 heavy (non-hydrogen) atoms. The Kier molecular flexibility index (Phi) is 4.18. The maximum absolute atomic E-state index is 5.51. The van der Waals surface area contributed by atoms with Gasteiger partial charge in [0, 0.05) is 6.61 Å². The van der Waals surface area contributed by atoms with Crippen LogP contribution in [0.25, 0.3) is 0 Å². The Hall–Kier alpha value is -0.610. The summed E-state index contributed by atoms with van der Waals surface area (Å²) in [5.41, 5.74) is 0. The summed E-state index contributed by atoms with van der Waals surface area (Å²) >= 11 is 5.51. The zero-order valence-electron chi connectivity index (χ0n) is 7.79. The normalized spacial score (nSPS) is 13.2. The molecule has 5 heteroatoms. The third-order valence-corrected chi connectivity index (χ3v) is 1.78. The Morgan fingerprint density at radius 3 is 2.77 bits per heavy atom. The molecule has 0 aliphatic heterocycles. The van der Waals surface area contributed by atoms with Crippen molar-refractivity contribution in [1.29, 1.82) is 0 Å². The highest BCUT2D eigenvalue weighted by Gasteiger charge is 2.16. The summed E-state index contributed by atoms with van der Waals surface area (Å²) in [6.45, 7) is 4.65. The van der Waals surface area contributed by atoms with Crippen LogP contribution < -0.4 is 0 Å². The predicted molar refractivity (Wildman–Crippen MR) is 48.6 cm³/mol. The van der Waals surface area contributed by atoms with Gasteiger partial charge in [0.05, 0.1) is 0 Å². The summed E-state index contributed by atoms with van der Waals surface area (Å²) in [4.78, 5) is 3.91. The van der Waals surface area contributed by atoms with E-state index in [0.717, 1.165) is 12.8 Å². The largest absolute Gasteiger partial charge is 0.370 e. The molecule has 0 N–H and O–H groups in total. The Morgan fingerprint density at radius 2 is 2.31 bits per heavy atom. The minimum Gasteiger partial charge on any atom is -0.370 e. The van der Waals surface area contributed by atoms with Crippen LogP contribution in [0.2, 0.25) is 5.35 Å². The predicted octanol–water partition coefficient (Wildman–Crippen LogP) is 2.60. The van der Waals surface area contributed by atoms with Gasteiger partial charge >= 0.3 is 5.35 Å². The van der Waals surface area contributed by atoms with Crippen LogP contribution in [0, 0.1) is 0 Å². The number of aromatic nitrogens is 2. The van der Waals surface area contributed by atoms with Gasteiger partial charge in [0.1, 0.15) is 6.10 Å². The highest BCUT2D eigenvalue weighted by Crippen LogP contribution is 2.20. The first-order chi connectivity index (χ1) is 6.27. The van der Waals surface area contributed by atoms with Crippen LogP contribution in [0.1, 0.15) is 38.6 Å². The van der Waals surface area contributed by atoms with Crippen molar-refractivity contribution in [2.75, 3.05) is 6.61 Å². The summed E-state index contributed by atoms with van der Waals surface area (Å²) in [6, 6.07) is 0. The number of rotatable bonds is 5. The van der Waals surface area contributed by atoms with E-state index in [2.05, 4.69) is 21.6 Å². The fourth-order valence-corrected chi connectivity index (χ4v) is 1.22. The molecule has 1 rings (SSSR count). The van der Waals surface area contributed by atoms with Crippen molar-refractivity contribution in [2.45, 2.75) is 32.8 Å². The fraction of sp³-hybridized carbons (Fsp3) is 0.750. The van der Waals surface area contributed by atoms with Crippen LogP contribution in [-0.4, -0.2) is 16.7 Å². The van der Waals surface area contributed by atoms with Crippen molar-refractivity contribution in [2.24, 2.45) is 0 Å². The molecule has 0 amide bonds. The Labute approximate surface area is 82.2 Å². The molecule has 0 bridgehead atoms. The SMILES string of the molecule is CCCC(OCC)c1noc(Cl)n1. The Morgan fingerprint density at radius 1 is 1.54 bits per heavy atom. The van der Waals surface area contributed by atoms with Crippen LogP contribution >= 0.6 is 11.6 Å². The van der Waals surface area contributed by atoms with E-state index in [1.807, 2.05) is 6.92 Å². The molecule has 0 spiro atoms. The molecule has 0 aliphatic carbocycles. The number of ether oxygens (including phenoxy) is 1. The highest BCUT2D eigenvalue weighted by molar-refractivity contribution is 6.27. The zero-order valence-corrected chi connectivity index (χ0v) is 8.54. The average Bonchev–Trinajstić information content (AvgIpc) is 2.51. The molecule has 1 aromatic rings. The molecule has 4 nitrogen and oxygen atoms in total. The molecule has 0 saturated carbocycles. The smallest absolute Gasteiger partial charge is 0.320 e. The molecular weight excluding hydrogens is 192 g/mol. The molecule has 0 aromatic carbocycles. The number of hydrogen-bond donors (Lipinski definition) is 0. The van der Waals surface area contributed by atoms with Crippen LogP contribution in [-0.2, 0) is 4.74 Å². The van der Waals surface area contributed by atoms with Crippen LogP contribution in [0.5, 0.6) is 0 Å². The van der Waals surface area contributed by atoms with Gasteiger partial charge < -0.3 is 9.26 Å². The van der Waals surface area contributed by atoms with Crippen molar-refractivity contribution in [3.63, 3.8) is 0 Å². The van der Waals surface area contributed by atoms with Crippen LogP contribution in [0.15, 0.2) is 4.52 Å². The van der Waals surface area contributed by atoms with E-state index in [-0.39, 0.29) is 11.5 Å². The molecule has 1 atom stereocenters. The van der Waals surface area contributed by atoms with Crippen molar-refractivity contribution >= 4 is 11.6 Å². The highest BCUT2D eigenvalue weighted by atomic mass is 35.5. The van der Waals surface area contributed by atoms with E-state index in [1.54, 1.807) is 0 Å². The lowest BCUT2D eigenvalue weighted by molar-refractivity contribution is 0.0478. The molecule has 0 aliphatic rings. The first-order valence-electron chi connectivity index (χ1n) is 4.38. The number of hydrogen-bond acceptors (Lipinski definition) is 4. The average molecular weight is 205 g/mol. The lowest BCUT2D eigenvalue weighted by atomic mass is 10.2.